The van der Waals surface area contributed by atoms with Crippen LogP contribution < -0.4 is 10.2 Å². The van der Waals surface area contributed by atoms with Crippen molar-refractivity contribution in [1.29, 1.82) is 0 Å². The molecule has 2 aromatic carbocycles. The third-order valence-corrected chi connectivity index (χ3v) is 3.97. The van der Waals surface area contributed by atoms with Crippen LogP contribution in [0.15, 0.2) is 48.5 Å². The molecule has 0 spiro atoms. The third kappa shape index (κ3) is 4.39. The molecule has 0 fully saturated rings. The number of anilines is 2. The van der Waals surface area contributed by atoms with E-state index in [1.165, 1.54) is 0 Å². The van der Waals surface area contributed by atoms with Gasteiger partial charge in [-0.3, -0.25) is 4.79 Å². The number of rotatable bonds is 6. The number of hydrogen-bond donors (Lipinski definition) is 1. The van der Waals surface area contributed by atoms with E-state index in [2.05, 4.69) is 17.1 Å². The van der Waals surface area contributed by atoms with E-state index >= 15 is 0 Å². The van der Waals surface area contributed by atoms with Gasteiger partial charge in [0.2, 0.25) is 5.91 Å². The first-order valence-electron chi connectivity index (χ1n) is 7.15. The number of amides is 1. The standard InChI is InChI=1S/C17H18Cl2N2O/c1-2-21(13-7-4-3-5-8-13)12-11-16(22)20-17-14(18)9-6-10-15(17)19/h3-10H,2,11-12H2,1H3,(H,20,22). The summed E-state index contributed by atoms with van der Waals surface area (Å²) in [4.78, 5) is 14.3. The van der Waals surface area contributed by atoms with Crippen molar-refractivity contribution in [2.75, 3.05) is 23.3 Å². The second-order valence-electron chi connectivity index (χ2n) is 4.81. The highest BCUT2D eigenvalue weighted by atomic mass is 35.5. The van der Waals surface area contributed by atoms with Crippen LogP contribution in [0.25, 0.3) is 0 Å². The number of carbonyl (C=O) groups is 1. The highest BCUT2D eigenvalue weighted by Gasteiger charge is 2.11. The minimum absolute atomic E-state index is 0.107. The number of hydrogen-bond acceptors (Lipinski definition) is 2. The van der Waals surface area contributed by atoms with Crippen molar-refractivity contribution >= 4 is 40.5 Å². The number of nitrogens with zero attached hydrogens (tertiary/aromatic N) is 1. The van der Waals surface area contributed by atoms with Crippen molar-refractivity contribution in [2.24, 2.45) is 0 Å². The average molecular weight is 337 g/mol. The van der Waals surface area contributed by atoms with Crippen LogP contribution >= 0.6 is 23.2 Å². The Hall–Kier alpha value is -1.71. The summed E-state index contributed by atoms with van der Waals surface area (Å²) in [5.74, 6) is -0.107. The molecule has 0 bridgehead atoms. The van der Waals surface area contributed by atoms with Crippen LogP contribution in [-0.4, -0.2) is 19.0 Å². The normalized spacial score (nSPS) is 10.3. The number of carbonyl (C=O) groups excluding carboxylic acids is 1. The Morgan fingerprint density at radius 1 is 1.05 bits per heavy atom. The van der Waals surface area contributed by atoms with E-state index < -0.39 is 0 Å². The summed E-state index contributed by atoms with van der Waals surface area (Å²) < 4.78 is 0. The molecule has 0 aliphatic heterocycles. The molecule has 116 valence electrons. The van der Waals surface area contributed by atoms with Crippen molar-refractivity contribution in [3.63, 3.8) is 0 Å². The zero-order valence-electron chi connectivity index (χ0n) is 12.4. The van der Waals surface area contributed by atoms with Gasteiger partial charge in [-0.05, 0) is 31.2 Å². The molecule has 2 aromatic rings. The molecule has 5 heteroatoms. The summed E-state index contributed by atoms with van der Waals surface area (Å²) in [5, 5.41) is 3.66. The highest BCUT2D eigenvalue weighted by molar-refractivity contribution is 6.39. The number of para-hydroxylation sites is 2. The van der Waals surface area contributed by atoms with E-state index in [1.807, 2.05) is 30.3 Å². The number of benzene rings is 2. The number of halogens is 2. The molecule has 0 unspecified atom stereocenters. The zero-order chi connectivity index (χ0) is 15.9. The van der Waals surface area contributed by atoms with E-state index in [9.17, 15) is 4.79 Å². The SMILES string of the molecule is CCN(CCC(=O)Nc1c(Cl)cccc1Cl)c1ccccc1. The number of nitrogens with one attached hydrogen (secondary N) is 1. The van der Waals surface area contributed by atoms with Crippen molar-refractivity contribution in [3.05, 3.63) is 58.6 Å². The third-order valence-electron chi connectivity index (χ3n) is 3.34. The second-order valence-corrected chi connectivity index (χ2v) is 5.62. The van der Waals surface area contributed by atoms with E-state index in [0.717, 1.165) is 12.2 Å². The Morgan fingerprint density at radius 3 is 2.27 bits per heavy atom. The van der Waals surface area contributed by atoms with E-state index in [0.29, 0.717) is 28.7 Å². The molecule has 0 saturated heterocycles. The van der Waals surface area contributed by atoms with Gasteiger partial charge in [0.15, 0.2) is 0 Å². The lowest BCUT2D eigenvalue weighted by Crippen LogP contribution is -2.27. The summed E-state index contributed by atoms with van der Waals surface area (Å²) in [7, 11) is 0. The first kappa shape index (κ1) is 16.7. The van der Waals surface area contributed by atoms with Crippen LogP contribution in [0.2, 0.25) is 10.0 Å². The zero-order valence-corrected chi connectivity index (χ0v) is 13.9. The van der Waals surface area contributed by atoms with E-state index in [4.69, 9.17) is 23.2 Å². The fourth-order valence-corrected chi connectivity index (χ4v) is 2.66. The maximum absolute atomic E-state index is 12.1. The molecular weight excluding hydrogens is 319 g/mol. The molecule has 0 saturated carbocycles. The fourth-order valence-electron chi connectivity index (χ4n) is 2.16. The summed E-state index contributed by atoms with van der Waals surface area (Å²) >= 11 is 12.1. The topological polar surface area (TPSA) is 32.3 Å². The molecular formula is C17H18Cl2N2O. The largest absolute Gasteiger partial charge is 0.371 e. The van der Waals surface area contributed by atoms with E-state index in [-0.39, 0.29) is 5.91 Å². The van der Waals surface area contributed by atoms with Crippen LogP contribution in [-0.2, 0) is 4.79 Å². The smallest absolute Gasteiger partial charge is 0.226 e. The van der Waals surface area contributed by atoms with Gasteiger partial charge in [0.1, 0.15) is 0 Å². The Labute approximate surface area is 140 Å². The molecule has 0 radical (unpaired) electrons. The van der Waals surface area contributed by atoms with Crippen LogP contribution in [0.4, 0.5) is 11.4 Å². The average Bonchev–Trinajstić information content (AvgIpc) is 2.53. The monoisotopic (exact) mass is 336 g/mol. The molecule has 2 rings (SSSR count). The van der Waals surface area contributed by atoms with Gasteiger partial charge in [-0.2, -0.15) is 0 Å². The van der Waals surface area contributed by atoms with Crippen LogP contribution in [0.1, 0.15) is 13.3 Å². The van der Waals surface area contributed by atoms with E-state index in [1.54, 1.807) is 18.2 Å². The lowest BCUT2D eigenvalue weighted by Gasteiger charge is -2.22. The molecule has 0 aliphatic rings. The van der Waals surface area contributed by atoms with Gasteiger partial charge in [0.05, 0.1) is 15.7 Å². The molecule has 22 heavy (non-hydrogen) atoms. The van der Waals surface area contributed by atoms with Crippen molar-refractivity contribution in [1.82, 2.24) is 0 Å². The molecule has 1 N–H and O–H groups in total. The van der Waals surface area contributed by atoms with Crippen LogP contribution in [0.5, 0.6) is 0 Å². The van der Waals surface area contributed by atoms with Crippen molar-refractivity contribution in [2.45, 2.75) is 13.3 Å². The molecule has 0 atom stereocenters. The van der Waals surface area contributed by atoms with Gasteiger partial charge >= 0.3 is 0 Å². The summed E-state index contributed by atoms with van der Waals surface area (Å²) in [6, 6.07) is 15.2. The Kier molecular flexibility index (Phi) is 6.10. The van der Waals surface area contributed by atoms with Crippen LogP contribution in [0, 0.1) is 0 Å². The summed E-state index contributed by atoms with van der Waals surface area (Å²) in [6.45, 7) is 3.54. The molecule has 0 aromatic heterocycles. The minimum atomic E-state index is -0.107. The first-order valence-corrected chi connectivity index (χ1v) is 7.91. The lowest BCUT2D eigenvalue weighted by molar-refractivity contribution is -0.116. The van der Waals surface area contributed by atoms with Crippen molar-refractivity contribution < 1.29 is 4.79 Å². The van der Waals surface area contributed by atoms with Gasteiger partial charge in [0, 0.05) is 25.2 Å². The molecule has 3 nitrogen and oxygen atoms in total. The molecule has 1 amide bonds. The van der Waals surface area contributed by atoms with Gasteiger partial charge in [0.25, 0.3) is 0 Å². The van der Waals surface area contributed by atoms with Gasteiger partial charge < -0.3 is 10.2 Å². The molecule has 0 heterocycles. The van der Waals surface area contributed by atoms with Gasteiger partial charge in [-0.25, -0.2) is 0 Å². The summed E-state index contributed by atoms with van der Waals surface area (Å²) in [5.41, 5.74) is 1.58. The minimum Gasteiger partial charge on any atom is -0.371 e. The summed E-state index contributed by atoms with van der Waals surface area (Å²) in [6.07, 6.45) is 0.365. The van der Waals surface area contributed by atoms with Gasteiger partial charge in [-0.15, -0.1) is 0 Å². The predicted octanol–water partition coefficient (Wildman–Crippen LogP) is 4.85. The predicted molar refractivity (Wildman–Crippen MR) is 94.0 cm³/mol. The highest BCUT2D eigenvalue weighted by Crippen LogP contribution is 2.29. The second kappa shape index (κ2) is 8.06. The first-order chi connectivity index (χ1) is 10.6. The Balaban J connectivity index is 1.95. The maximum atomic E-state index is 12.1. The quantitative estimate of drug-likeness (QED) is 0.817. The Morgan fingerprint density at radius 2 is 1.68 bits per heavy atom. The Bertz CT molecular complexity index is 612. The molecule has 0 aliphatic carbocycles. The lowest BCUT2D eigenvalue weighted by atomic mass is 10.2. The van der Waals surface area contributed by atoms with Crippen LogP contribution in [0.3, 0.4) is 0 Å². The van der Waals surface area contributed by atoms with Gasteiger partial charge in [-0.1, -0.05) is 47.5 Å². The fraction of sp³-hybridized carbons (Fsp3) is 0.235. The van der Waals surface area contributed by atoms with Crippen molar-refractivity contribution in [3.8, 4) is 0 Å². The maximum Gasteiger partial charge on any atom is 0.226 e.